The third kappa shape index (κ3) is 1.46. The molecule has 6 heteroatoms. The molecule has 1 saturated heterocycles. The summed E-state index contributed by atoms with van der Waals surface area (Å²) < 4.78 is 10.6. The Kier molecular flexibility index (Phi) is 2.28. The highest BCUT2D eigenvalue weighted by Crippen LogP contribution is 2.33. The molecule has 1 aromatic heterocycles. The minimum Gasteiger partial charge on any atom is -0.479 e. The number of methoxy groups -OCH3 is 1. The molecular weight excluding hydrogens is 208 g/mol. The molecule has 0 aromatic carbocycles. The van der Waals surface area contributed by atoms with Crippen LogP contribution in [-0.2, 0) is 4.74 Å². The van der Waals surface area contributed by atoms with Gasteiger partial charge >= 0.3 is 0 Å². The first-order valence-electron chi connectivity index (χ1n) is 5.35. The Bertz CT molecular complexity index is 398. The normalized spacial score (nSPS) is 27.1. The lowest BCUT2D eigenvalue weighted by Crippen LogP contribution is -2.29. The third-order valence-electron chi connectivity index (χ3n) is 3.07. The number of aromatic nitrogens is 2. The highest BCUT2D eigenvalue weighted by molar-refractivity contribution is 5.70. The number of anilines is 2. The number of fused-ring (bicyclic) bond motifs is 2. The quantitative estimate of drug-likeness (QED) is 0.714. The molecule has 1 aromatic rings. The topological polar surface area (TPSA) is 68.3 Å². The minimum absolute atomic E-state index is 0.327. The second-order valence-electron chi connectivity index (χ2n) is 4.04. The summed E-state index contributed by atoms with van der Waals surface area (Å²) in [5.41, 5.74) is 0.847. The fourth-order valence-corrected chi connectivity index (χ4v) is 2.16. The van der Waals surface area contributed by atoms with Crippen LogP contribution in [0.5, 0.6) is 5.88 Å². The molecule has 0 spiro atoms. The van der Waals surface area contributed by atoms with Crippen LogP contribution in [0.1, 0.15) is 0 Å². The molecule has 86 valence electrons. The monoisotopic (exact) mass is 222 g/mol. The smallest absolute Gasteiger partial charge is 0.242 e. The second kappa shape index (κ2) is 3.79. The van der Waals surface area contributed by atoms with Crippen molar-refractivity contribution in [1.29, 1.82) is 0 Å². The molecule has 16 heavy (non-hydrogen) atoms. The van der Waals surface area contributed by atoms with Crippen molar-refractivity contribution < 1.29 is 9.47 Å². The lowest BCUT2D eigenvalue weighted by Gasteiger charge is -2.14. The van der Waals surface area contributed by atoms with Gasteiger partial charge in [-0.1, -0.05) is 0 Å². The van der Waals surface area contributed by atoms with Gasteiger partial charge in [-0.3, -0.25) is 0 Å². The molecule has 2 atom stereocenters. The summed E-state index contributed by atoms with van der Waals surface area (Å²) in [5.74, 6) is 1.85. The number of hydrogen-bond acceptors (Lipinski definition) is 6. The summed E-state index contributed by atoms with van der Waals surface area (Å²) >= 11 is 0. The Morgan fingerprint density at radius 2 is 2.38 bits per heavy atom. The molecule has 2 unspecified atom stereocenters. The summed E-state index contributed by atoms with van der Waals surface area (Å²) in [6.07, 6.45) is 1.50. The maximum Gasteiger partial charge on any atom is 0.242 e. The summed E-state index contributed by atoms with van der Waals surface area (Å²) in [5, 5.41) is 6.70. The van der Waals surface area contributed by atoms with Crippen molar-refractivity contribution in [3.63, 3.8) is 0 Å². The maximum absolute atomic E-state index is 5.44. The average Bonchev–Trinajstić information content (AvgIpc) is 2.67. The van der Waals surface area contributed by atoms with E-state index in [9.17, 15) is 0 Å². The van der Waals surface area contributed by atoms with E-state index in [1.807, 2.05) is 0 Å². The van der Waals surface area contributed by atoms with Crippen molar-refractivity contribution in [1.82, 2.24) is 9.97 Å². The molecule has 2 N–H and O–H groups in total. The van der Waals surface area contributed by atoms with Crippen molar-refractivity contribution in [3.8, 4) is 5.88 Å². The first-order chi connectivity index (χ1) is 7.88. The molecule has 2 aliphatic rings. The zero-order valence-electron chi connectivity index (χ0n) is 9.06. The molecule has 0 bridgehead atoms. The minimum atomic E-state index is 0.327. The maximum atomic E-state index is 5.44. The first kappa shape index (κ1) is 9.65. The molecule has 0 radical (unpaired) electrons. The Balaban J connectivity index is 1.96. The number of nitrogens with one attached hydrogen (secondary N) is 2. The van der Waals surface area contributed by atoms with Crippen LogP contribution in [0.15, 0.2) is 6.33 Å². The molecule has 2 aliphatic heterocycles. The summed E-state index contributed by atoms with van der Waals surface area (Å²) in [7, 11) is 1.61. The lowest BCUT2D eigenvalue weighted by molar-refractivity contribution is 0.186. The van der Waals surface area contributed by atoms with E-state index >= 15 is 0 Å². The van der Waals surface area contributed by atoms with E-state index in [-0.39, 0.29) is 0 Å². The second-order valence-corrected chi connectivity index (χ2v) is 4.04. The van der Waals surface area contributed by atoms with Gasteiger partial charge in [-0.2, -0.15) is 4.98 Å². The third-order valence-corrected chi connectivity index (χ3v) is 3.07. The lowest BCUT2D eigenvalue weighted by atomic mass is 10.1. The standard InChI is InChI=1S/C10H14N4O2/c1-15-10-8-9(12-5-13-10)14-7-4-16-3-6(7)2-11-8/h5-7,11H,2-4H2,1H3,(H,12,13,14). The number of hydrogen-bond donors (Lipinski definition) is 2. The van der Waals surface area contributed by atoms with Crippen LogP contribution >= 0.6 is 0 Å². The van der Waals surface area contributed by atoms with Crippen LogP contribution in [0.3, 0.4) is 0 Å². The summed E-state index contributed by atoms with van der Waals surface area (Å²) in [6.45, 7) is 2.38. The predicted molar refractivity (Wildman–Crippen MR) is 58.8 cm³/mol. The molecule has 0 amide bonds. The Morgan fingerprint density at radius 1 is 1.44 bits per heavy atom. The number of rotatable bonds is 1. The Hall–Kier alpha value is -1.56. The molecule has 0 saturated carbocycles. The van der Waals surface area contributed by atoms with E-state index in [1.54, 1.807) is 7.11 Å². The van der Waals surface area contributed by atoms with Gasteiger partial charge in [0, 0.05) is 12.5 Å². The number of ether oxygens (including phenoxy) is 2. The predicted octanol–water partition coefficient (Wildman–Crippen LogP) is 0.338. The van der Waals surface area contributed by atoms with Crippen LogP contribution in [-0.4, -0.2) is 42.9 Å². The highest BCUT2D eigenvalue weighted by Gasteiger charge is 2.32. The molecule has 3 rings (SSSR count). The van der Waals surface area contributed by atoms with Crippen molar-refractivity contribution in [2.45, 2.75) is 6.04 Å². The van der Waals surface area contributed by atoms with Crippen molar-refractivity contribution in [3.05, 3.63) is 6.33 Å². The largest absolute Gasteiger partial charge is 0.479 e. The fourth-order valence-electron chi connectivity index (χ4n) is 2.16. The summed E-state index contributed by atoms with van der Waals surface area (Å²) in [4.78, 5) is 8.31. The SMILES string of the molecule is COc1ncnc2c1NCC1COCC1N2. The van der Waals surface area contributed by atoms with Crippen LogP contribution in [0, 0.1) is 5.92 Å². The van der Waals surface area contributed by atoms with E-state index in [0.29, 0.717) is 17.8 Å². The first-order valence-corrected chi connectivity index (χ1v) is 5.35. The van der Waals surface area contributed by atoms with Gasteiger partial charge in [-0.25, -0.2) is 4.98 Å². The van der Waals surface area contributed by atoms with Gasteiger partial charge in [0.05, 0.1) is 26.4 Å². The van der Waals surface area contributed by atoms with Crippen LogP contribution in [0.25, 0.3) is 0 Å². The van der Waals surface area contributed by atoms with E-state index in [4.69, 9.17) is 9.47 Å². The van der Waals surface area contributed by atoms with Gasteiger partial charge < -0.3 is 20.1 Å². The molecular formula is C10H14N4O2. The van der Waals surface area contributed by atoms with E-state index < -0.39 is 0 Å². The van der Waals surface area contributed by atoms with Gasteiger partial charge in [-0.15, -0.1) is 0 Å². The molecule has 3 heterocycles. The van der Waals surface area contributed by atoms with Crippen molar-refractivity contribution >= 4 is 11.5 Å². The molecule has 0 aliphatic carbocycles. The van der Waals surface area contributed by atoms with Crippen molar-refractivity contribution in [2.75, 3.05) is 37.5 Å². The molecule has 1 fully saturated rings. The summed E-state index contributed by atoms with van der Waals surface area (Å²) in [6, 6.07) is 0.327. The zero-order valence-corrected chi connectivity index (χ0v) is 9.06. The van der Waals surface area contributed by atoms with Gasteiger partial charge in [0.2, 0.25) is 5.88 Å². The Morgan fingerprint density at radius 3 is 3.25 bits per heavy atom. The zero-order chi connectivity index (χ0) is 11.0. The molecule has 6 nitrogen and oxygen atoms in total. The van der Waals surface area contributed by atoms with Crippen LogP contribution in [0.4, 0.5) is 11.5 Å². The number of nitrogens with zero attached hydrogens (tertiary/aromatic N) is 2. The van der Waals surface area contributed by atoms with Crippen molar-refractivity contribution in [2.24, 2.45) is 5.92 Å². The van der Waals surface area contributed by atoms with Gasteiger partial charge in [0.25, 0.3) is 0 Å². The highest BCUT2D eigenvalue weighted by atomic mass is 16.5. The van der Waals surface area contributed by atoms with Crippen LogP contribution < -0.4 is 15.4 Å². The van der Waals surface area contributed by atoms with E-state index in [1.165, 1.54) is 6.33 Å². The van der Waals surface area contributed by atoms with Gasteiger partial charge in [0.1, 0.15) is 12.0 Å². The average molecular weight is 222 g/mol. The fraction of sp³-hybridized carbons (Fsp3) is 0.600. The van der Waals surface area contributed by atoms with Crippen LogP contribution in [0.2, 0.25) is 0 Å². The van der Waals surface area contributed by atoms with Gasteiger partial charge in [0.15, 0.2) is 5.82 Å². The Labute approximate surface area is 93.4 Å². The van der Waals surface area contributed by atoms with E-state index in [0.717, 1.165) is 31.3 Å². The van der Waals surface area contributed by atoms with Gasteiger partial charge in [-0.05, 0) is 0 Å². The van der Waals surface area contributed by atoms with E-state index in [2.05, 4.69) is 20.6 Å².